The van der Waals surface area contributed by atoms with Crippen molar-refractivity contribution in [2.45, 2.75) is 20.0 Å². The van der Waals surface area contributed by atoms with E-state index in [9.17, 15) is 4.39 Å². The summed E-state index contributed by atoms with van der Waals surface area (Å²) in [6, 6.07) is 12.3. The van der Waals surface area contributed by atoms with Gasteiger partial charge in [0, 0.05) is 0 Å². The number of aromatic nitrogens is 2. The molecule has 1 aromatic heterocycles. The highest BCUT2D eigenvalue weighted by Crippen LogP contribution is 2.28. The molecule has 0 radical (unpaired) electrons. The Morgan fingerprint density at radius 3 is 2.38 bits per heavy atom. The first-order valence-electron chi connectivity index (χ1n) is 6.81. The molecule has 0 saturated heterocycles. The van der Waals surface area contributed by atoms with Crippen LogP contribution in [-0.2, 0) is 0 Å². The summed E-state index contributed by atoms with van der Waals surface area (Å²) in [4.78, 5) is 8.45. The predicted molar refractivity (Wildman–Crippen MR) is 80.7 cm³/mol. The quantitative estimate of drug-likeness (QED) is 0.721. The fourth-order valence-electron chi connectivity index (χ4n) is 2.17. The summed E-state index contributed by atoms with van der Waals surface area (Å²) >= 11 is 0. The summed E-state index contributed by atoms with van der Waals surface area (Å²) in [5, 5.41) is 0.855. The van der Waals surface area contributed by atoms with Crippen LogP contribution in [0.4, 0.5) is 4.39 Å². The SMILES string of the molecule is CC(C)Oc1ncnc2ccc(-c3ccc(F)cc3)cc12. The predicted octanol–water partition coefficient (Wildman–Crippen LogP) is 4.22. The molecular formula is C17H15FN2O. The molecule has 0 unspecified atom stereocenters. The first kappa shape index (κ1) is 13.5. The van der Waals surface area contributed by atoms with E-state index in [1.807, 2.05) is 32.0 Å². The lowest BCUT2D eigenvalue weighted by Crippen LogP contribution is -2.07. The van der Waals surface area contributed by atoms with Crippen molar-refractivity contribution in [3.05, 3.63) is 54.6 Å². The Bertz CT molecular complexity index is 769. The van der Waals surface area contributed by atoms with E-state index in [1.165, 1.54) is 18.5 Å². The van der Waals surface area contributed by atoms with Gasteiger partial charge in [0.15, 0.2) is 0 Å². The molecule has 0 aliphatic rings. The third-order valence-corrected chi connectivity index (χ3v) is 3.12. The first-order valence-corrected chi connectivity index (χ1v) is 6.81. The Hall–Kier alpha value is -2.49. The molecule has 0 aliphatic heterocycles. The summed E-state index contributed by atoms with van der Waals surface area (Å²) in [7, 11) is 0. The van der Waals surface area contributed by atoms with Gasteiger partial charge in [0.25, 0.3) is 0 Å². The summed E-state index contributed by atoms with van der Waals surface area (Å²) in [5.74, 6) is 0.325. The minimum absolute atomic E-state index is 0.0394. The van der Waals surface area contributed by atoms with Gasteiger partial charge in [-0.2, -0.15) is 0 Å². The van der Waals surface area contributed by atoms with Crippen LogP contribution in [0.15, 0.2) is 48.8 Å². The maximum absolute atomic E-state index is 13.0. The number of hydrogen-bond acceptors (Lipinski definition) is 3. The van der Waals surface area contributed by atoms with Crippen molar-refractivity contribution in [2.75, 3.05) is 0 Å². The Morgan fingerprint density at radius 1 is 0.952 bits per heavy atom. The van der Waals surface area contributed by atoms with Crippen LogP contribution < -0.4 is 4.74 Å². The number of rotatable bonds is 3. The van der Waals surface area contributed by atoms with E-state index in [4.69, 9.17) is 4.74 Å². The monoisotopic (exact) mass is 282 g/mol. The summed E-state index contributed by atoms with van der Waals surface area (Å²) in [6.07, 6.45) is 1.54. The average molecular weight is 282 g/mol. The van der Waals surface area contributed by atoms with Gasteiger partial charge in [-0.1, -0.05) is 18.2 Å². The zero-order valence-corrected chi connectivity index (χ0v) is 11.9. The molecule has 0 atom stereocenters. The van der Waals surface area contributed by atoms with Gasteiger partial charge in [0.1, 0.15) is 12.1 Å². The molecule has 0 amide bonds. The molecule has 1 heterocycles. The van der Waals surface area contributed by atoms with Crippen molar-refractivity contribution < 1.29 is 9.13 Å². The van der Waals surface area contributed by atoms with Gasteiger partial charge in [-0.25, -0.2) is 14.4 Å². The number of nitrogens with zero attached hydrogens (tertiary/aromatic N) is 2. The second kappa shape index (κ2) is 5.48. The highest BCUT2D eigenvalue weighted by atomic mass is 19.1. The van der Waals surface area contributed by atoms with Crippen molar-refractivity contribution in [3.8, 4) is 17.0 Å². The largest absolute Gasteiger partial charge is 0.474 e. The minimum Gasteiger partial charge on any atom is -0.474 e. The average Bonchev–Trinajstić information content (AvgIpc) is 2.47. The van der Waals surface area contributed by atoms with Crippen molar-refractivity contribution in [2.24, 2.45) is 0 Å². The van der Waals surface area contributed by atoms with E-state index >= 15 is 0 Å². The smallest absolute Gasteiger partial charge is 0.224 e. The van der Waals surface area contributed by atoms with Gasteiger partial charge in [-0.15, -0.1) is 0 Å². The highest BCUT2D eigenvalue weighted by molar-refractivity contribution is 5.88. The molecule has 21 heavy (non-hydrogen) atoms. The molecular weight excluding hydrogens is 267 g/mol. The van der Waals surface area contributed by atoms with Crippen molar-refractivity contribution >= 4 is 10.9 Å². The summed E-state index contributed by atoms with van der Waals surface area (Å²) < 4.78 is 18.7. The Labute approximate surface area is 122 Å². The molecule has 3 nitrogen and oxygen atoms in total. The zero-order chi connectivity index (χ0) is 14.8. The Kier molecular flexibility index (Phi) is 3.52. The minimum atomic E-state index is -0.244. The molecule has 0 saturated carbocycles. The van der Waals surface area contributed by atoms with E-state index in [-0.39, 0.29) is 11.9 Å². The van der Waals surface area contributed by atoms with Gasteiger partial charge in [0.05, 0.1) is 17.0 Å². The third kappa shape index (κ3) is 2.84. The third-order valence-electron chi connectivity index (χ3n) is 3.12. The number of fused-ring (bicyclic) bond motifs is 1. The van der Waals surface area contributed by atoms with Gasteiger partial charge >= 0.3 is 0 Å². The molecule has 106 valence electrons. The van der Waals surface area contributed by atoms with E-state index in [1.54, 1.807) is 12.1 Å². The zero-order valence-electron chi connectivity index (χ0n) is 11.9. The molecule has 3 aromatic rings. The van der Waals surface area contributed by atoms with Crippen molar-refractivity contribution in [1.82, 2.24) is 9.97 Å². The molecule has 4 heteroatoms. The fourth-order valence-corrected chi connectivity index (χ4v) is 2.17. The molecule has 0 aliphatic carbocycles. The highest BCUT2D eigenvalue weighted by Gasteiger charge is 2.08. The van der Waals surface area contributed by atoms with Crippen LogP contribution in [0.1, 0.15) is 13.8 Å². The molecule has 0 spiro atoms. The van der Waals surface area contributed by atoms with E-state index < -0.39 is 0 Å². The number of benzene rings is 2. The lowest BCUT2D eigenvalue weighted by atomic mass is 10.0. The number of halogens is 1. The molecule has 2 aromatic carbocycles. The lowest BCUT2D eigenvalue weighted by molar-refractivity contribution is 0.235. The molecule has 0 fully saturated rings. The Morgan fingerprint density at radius 2 is 1.67 bits per heavy atom. The van der Waals surface area contributed by atoms with Crippen LogP contribution in [0.5, 0.6) is 5.88 Å². The number of ether oxygens (including phenoxy) is 1. The fraction of sp³-hybridized carbons (Fsp3) is 0.176. The van der Waals surface area contributed by atoms with Crippen LogP contribution >= 0.6 is 0 Å². The van der Waals surface area contributed by atoms with Crippen LogP contribution in [0.3, 0.4) is 0 Å². The summed E-state index contributed by atoms with van der Waals surface area (Å²) in [6.45, 7) is 3.91. The second-order valence-electron chi connectivity index (χ2n) is 5.08. The first-order chi connectivity index (χ1) is 10.1. The Balaban J connectivity index is 2.11. The van der Waals surface area contributed by atoms with Gasteiger partial charge in [0.2, 0.25) is 5.88 Å². The topological polar surface area (TPSA) is 35.0 Å². The summed E-state index contributed by atoms with van der Waals surface area (Å²) in [5.41, 5.74) is 2.75. The van der Waals surface area contributed by atoms with Crippen LogP contribution in [-0.4, -0.2) is 16.1 Å². The van der Waals surface area contributed by atoms with E-state index in [0.717, 1.165) is 22.0 Å². The number of hydrogen-bond donors (Lipinski definition) is 0. The van der Waals surface area contributed by atoms with E-state index in [0.29, 0.717) is 5.88 Å². The van der Waals surface area contributed by atoms with Gasteiger partial charge in [-0.05, 0) is 49.2 Å². The van der Waals surface area contributed by atoms with Crippen molar-refractivity contribution in [3.63, 3.8) is 0 Å². The van der Waals surface area contributed by atoms with E-state index in [2.05, 4.69) is 9.97 Å². The van der Waals surface area contributed by atoms with Crippen LogP contribution in [0, 0.1) is 5.82 Å². The standard InChI is InChI=1S/C17H15FN2O/c1-11(2)21-17-15-9-13(5-8-16(15)19-10-20-17)12-3-6-14(18)7-4-12/h3-11H,1-2H3. The van der Waals surface area contributed by atoms with Gasteiger partial charge < -0.3 is 4.74 Å². The molecule has 3 rings (SSSR count). The van der Waals surface area contributed by atoms with Crippen LogP contribution in [0.25, 0.3) is 22.0 Å². The maximum atomic E-state index is 13.0. The molecule has 0 N–H and O–H groups in total. The van der Waals surface area contributed by atoms with Crippen molar-refractivity contribution in [1.29, 1.82) is 0 Å². The second-order valence-corrected chi connectivity index (χ2v) is 5.08. The maximum Gasteiger partial charge on any atom is 0.224 e. The lowest BCUT2D eigenvalue weighted by Gasteiger charge is -2.11. The van der Waals surface area contributed by atoms with Crippen LogP contribution in [0.2, 0.25) is 0 Å². The van der Waals surface area contributed by atoms with Gasteiger partial charge in [-0.3, -0.25) is 0 Å². The normalized spacial score (nSPS) is 11.0. The molecule has 0 bridgehead atoms.